The van der Waals surface area contributed by atoms with Crippen LogP contribution in [0, 0.1) is 5.82 Å². The average Bonchev–Trinajstić information content (AvgIpc) is 3.15. The molecular weight excluding hydrogens is 375 g/mol. The second kappa shape index (κ2) is 8.12. The minimum atomic E-state index is -0.787. The second-order valence-corrected chi connectivity index (χ2v) is 6.73. The van der Waals surface area contributed by atoms with Gasteiger partial charge in [-0.05, 0) is 24.3 Å². The van der Waals surface area contributed by atoms with Gasteiger partial charge < -0.3 is 14.5 Å². The van der Waals surface area contributed by atoms with Crippen molar-refractivity contribution in [3.8, 4) is 5.06 Å². The Morgan fingerprint density at radius 2 is 1.74 bits per heavy atom. The molecule has 2 heterocycles. The van der Waals surface area contributed by atoms with Crippen LogP contribution in [0.2, 0.25) is 0 Å². The molecule has 1 aliphatic heterocycles. The molecule has 0 radical (unpaired) electrons. The molecule has 0 unspecified atom stereocenters. The highest BCUT2D eigenvalue weighted by atomic mass is 32.1. The first-order chi connectivity index (χ1) is 13.0. The number of methoxy groups -OCH3 is 1. The molecule has 3 amide bonds. The summed E-state index contributed by atoms with van der Waals surface area (Å²) in [5.41, 5.74) is 0.381. The smallest absolute Gasteiger partial charge is 0.315 e. The number of piperazine rings is 1. The van der Waals surface area contributed by atoms with Crippen LogP contribution in [0.15, 0.2) is 30.5 Å². The van der Waals surface area contributed by atoms with Gasteiger partial charge in [0.25, 0.3) is 5.91 Å². The van der Waals surface area contributed by atoms with Gasteiger partial charge in [0.05, 0.1) is 13.3 Å². The number of nitrogens with zero attached hydrogens (tertiary/aromatic N) is 3. The van der Waals surface area contributed by atoms with Crippen molar-refractivity contribution in [3.63, 3.8) is 0 Å². The molecule has 1 aromatic heterocycles. The van der Waals surface area contributed by atoms with Gasteiger partial charge in [0.2, 0.25) is 0 Å². The second-order valence-electron chi connectivity index (χ2n) is 5.73. The van der Waals surface area contributed by atoms with Crippen molar-refractivity contribution >= 4 is 34.2 Å². The van der Waals surface area contributed by atoms with Gasteiger partial charge in [-0.2, -0.15) is 0 Å². The number of benzene rings is 1. The summed E-state index contributed by atoms with van der Waals surface area (Å²) in [5, 5.41) is 3.23. The van der Waals surface area contributed by atoms with E-state index in [1.807, 2.05) is 0 Å². The van der Waals surface area contributed by atoms with Gasteiger partial charge in [0, 0.05) is 31.7 Å². The van der Waals surface area contributed by atoms with E-state index in [4.69, 9.17) is 4.74 Å². The van der Waals surface area contributed by atoms with Gasteiger partial charge >= 0.3 is 11.8 Å². The lowest BCUT2D eigenvalue weighted by molar-refractivity contribution is -0.144. The van der Waals surface area contributed by atoms with Crippen molar-refractivity contribution in [3.05, 3.63) is 41.8 Å². The van der Waals surface area contributed by atoms with Crippen LogP contribution < -0.4 is 10.1 Å². The molecule has 27 heavy (non-hydrogen) atoms. The highest BCUT2D eigenvalue weighted by molar-refractivity contribution is 7.17. The van der Waals surface area contributed by atoms with Gasteiger partial charge in [-0.25, -0.2) is 9.37 Å². The third kappa shape index (κ3) is 4.40. The molecule has 0 aliphatic carbocycles. The number of hydrogen-bond acceptors (Lipinski definition) is 6. The number of ether oxygens (including phenoxy) is 1. The van der Waals surface area contributed by atoms with Crippen LogP contribution in [0.25, 0.3) is 0 Å². The summed E-state index contributed by atoms with van der Waals surface area (Å²) >= 11 is 1.11. The summed E-state index contributed by atoms with van der Waals surface area (Å²) in [5.74, 6) is -2.12. The van der Waals surface area contributed by atoms with E-state index >= 15 is 0 Å². The van der Waals surface area contributed by atoms with Gasteiger partial charge in [0.15, 0.2) is 10.2 Å². The molecule has 1 fully saturated rings. The topological polar surface area (TPSA) is 91.8 Å². The van der Waals surface area contributed by atoms with Gasteiger partial charge in [0.1, 0.15) is 5.82 Å². The number of halogens is 1. The van der Waals surface area contributed by atoms with Crippen LogP contribution in [-0.2, 0) is 9.59 Å². The van der Waals surface area contributed by atoms with Crippen LogP contribution in [0.5, 0.6) is 5.06 Å². The van der Waals surface area contributed by atoms with E-state index in [2.05, 4.69) is 10.3 Å². The van der Waals surface area contributed by atoms with Crippen LogP contribution >= 0.6 is 11.3 Å². The summed E-state index contributed by atoms with van der Waals surface area (Å²) in [4.78, 5) is 43.7. The number of hydrogen-bond donors (Lipinski definition) is 1. The zero-order valence-electron chi connectivity index (χ0n) is 14.5. The molecule has 0 spiro atoms. The number of rotatable bonds is 3. The van der Waals surface area contributed by atoms with E-state index in [-0.39, 0.29) is 24.1 Å². The van der Waals surface area contributed by atoms with E-state index < -0.39 is 17.6 Å². The largest absolute Gasteiger partial charge is 0.486 e. The maximum atomic E-state index is 13.0. The fraction of sp³-hybridized carbons (Fsp3) is 0.294. The Bertz CT molecular complexity index is 847. The molecule has 1 aromatic carbocycles. The highest BCUT2D eigenvalue weighted by Gasteiger charge is 2.28. The van der Waals surface area contributed by atoms with Crippen molar-refractivity contribution in [1.29, 1.82) is 0 Å². The quantitative estimate of drug-likeness (QED) is 0.793. The fourth-order valence-electron chi connectivity index (χ4n) is 2.59. The van der Waals surface area contributed by atoms with Crippen molar-refractivity contribution in [2.75, 3.05) is 38.6 Å². The highest BCUT2D eigenvalue weighted by Crippen LogP contribution is 2.24. The van der Waals surface area contributed by atoms with E-state index in [1.54, 1.807) is 4.90 Å². The summed E-state index contributed by atoms with van der Waals surface area (Å²) in [6.07, 6.45) is 1.45. The van der Waals surface area contributed by atoms with Crippen molar-refractivity contribution in [1.82, 2.24) is 14.8 Å². The lowest BCUT2D eigenvalue weighted by atomic mass is 10.1. The number of carbonyl (C=O) groups is 3. The van der Waals surface area contributed by atoms with E-state index in [1.165, 1.54) is 42.5 Å². The number of anilines is 1. The monoisotopic (exact) mass is 392 g/mol. The first-order valence-corrected chi connectivity index (χ1v) is 8.94. The zero-order valence-corrected chi connectivity index (χ0v) is 15.3. The first kappa shape index (κ1) is 18.8. The predicted molar refractivity (Wildman–Crippen MR) is 96.2 cm³/mol. The summed E-state index contributed by atoms with van der Waals surface area (Å²) in [7, 11) is 1.48. The summed E-state index contributed by atoms with van der Waals surface area (Å²) < 4.78 is 17.9. The number of amides is 3. The molecule has 0 atom stereocenters. The molecular formula is C17H17FN4O4S. The number of carbonyl (C=O) groups excluding carboxylic acids is 3. The molecule has 0 bridgehead atoms. The number of aromatic nitrogens is 1. The first-order valence-electron chi connectivity index (χ1n) is 8.13. The minimum Gasteiger partial charge on any atom is -0.486 e. The van der Waals surface area contributed by atoms with Crippen LogP contribution in [0.4, 0.5) is 9.52 Å². The van der Waals surface area contributed by atoms with Crippen molar-refractivity contribution in [2.24, 2.45) is 0 Å². The summed E-state index contributed by atoms with van der Waals surface area (Å²) in [6.45, 7) is 1.06. The predicted octanol–water partition coefficient (Wildman–Crippen LogP) is 1.21. The summed E-state index contributed by atoms with van der Waals surface area (Å²) in [6, 6.07) is 5.30. The Morgan fingerprint density at radius 3 is 2.33 bits per heavy atom. The SMILES string of the molecule is COc1cnc(NC(=O)C(=O)N2CCN(C(=O)c3ccc(F)cc3)CC2)s1. The van der Waals surface area contributed by atoms with Gasteiger partial charge in [-0.3, -0.25) is 19.7 Å². The molecule has 2 aromatic rings. The molecule has 0 saturated carbocycles. The van der Waals surface area contributed by atoms with E-state index in [9.17, 15) is 18.8 Å². The number of nitrogens with one attached hydrogen (secondary N) is 1. The molecule has 10 heteroatoms. The molecule has 142 valence electrons. The average molecular weight is 392 g/mol. The Hall–Kier alpha value is -3.01. The standard InChI is InChI=1S/C17H17FN4O4S/c1-26-13-10-19-17(27-13)20-14(23)16(25)22-8-6-21(7-9-22)15(24)11-2-4-12(18)5-3-11/h2-5,10H,6-9H2,1H3,(H,19,20,23). The van der Waals surface area contributed by atoms with Crippen LogP contribution in [0.1, 0.15) is 10.4 Å². The maximum Gasteiger partial charge on any atom is 0.315 e. The van der Waals surface area contributed by atoms with E-state index in [0.717, 1.165) is 11.3 Å². The van der Waals surface area contributed by atoms with Crippen LogP contribution in [0.3, 0.4) is 0 Å². The van der Waals surface area contributed by atoms with Crippen molar-refractivity contribution < 1.29 is 23.5 Å². The Balaban J connectivity index is 1.53. The molecule has 1 N–H and O–H groups in total. The Kier molecular flexibility index (Phi) is 5.65. The zero-order chi connectivity index (χ0) is 19.4. The van der Waals surface area contributed by atoms with Gasteiger partial charge in [-0.1, -0.05) is 11.3 Å². The fourth-order valence-corrected chi connectivity index (χ4v) is 3.22. The maximum absolute atomic E-state index is 13.0. The lowest BCUT2D eigenvalue weighted by Gasteiger charge is -2.34. The lowest BCUT2D eigenvalue weighted by Crippen LogP contribution is -2.53. The molecule has 8 nitrogen and oxygen atoms in total. The van der Waals surface area contributed by atoms with Crippen LogP contribution in [-0.4, -0.2) is 65.8 Å². The Morgan fingerprint density at radius 1 is 1.11 bits per heavy atom. The van der Waals surface area contributed by atoms with Crippen molar-refractivity contribution in [2.45, 2.75) is 0 Å². The van der Waals surface area contributed by atoms with Gasteiger partial charge in [-0.15, -0.1) is 0 Å². The minimum absolute atomic E-state index is 0.235. The van der Waals surface area contributed by atoms with E-state index in [0.29, 0.717) is 23.7 Å². The molecule has 1 aliphatic rings. The molecule has 1 saturated heterocycles. The Labute approximate surface area is 158 Å². The third-order valence-electron chi connectivity index (χ3n) is 4.05. The molecule has 3 rings (SSSR count). The number of thiazole rings is 1. The third-order valence-corrected chi connectivity index (χ3v) is 4.92. The normalized spacial score (nSPS) is 14.0.